The summed E-state index contributed by atoms with van der Waals surface area (Å²) in [5.41, 5.74) is 0. The highest BCUT2D eigenvalue weighted by atomic mass is 32.1. The van der Waals surface area contributed by atoms with Gasteiger partial charge in [-0.25, -0.2) is 0 Å². The highest BCUT2D eigenvalue weighted by Crippen LogP contribution is 2.23. The molecule has 1 fully saturated rings. The number of likely N-dealkylation sites (tertiary alicyclic amines) is 1. The van der Waals surface area contributed by atoms with Crippen molar-refractivity contribution in [1.82, 2.24) is 4.90 Å². The SMILES string of the molecule is O=C(O)CCC1CCCN(Cc2cccs2)C1. The Morgan fingerprint density at radius 2 is 2.47 bits per heavy atom. The maximum Gasteiger partial charge on any atom is 0.303 e. The second kappa shape index (κ2) is 6.17. The number of thiophene rings is 1. The summed E-state index contributed by atoms with van der Waals surface area (Å²) >= 11 is 1.80. The average Bonchev–Trinajstić information content (AvgIpc) is 2.80. The van der Waals surface area contributed by atoms with Crippen LogP contribution in [0.4, 0.5) is 0 Å². The normalized spacial score (nSPS) is 21.5. The van der Waals surface area contributed by atoms with Crippen molar-refractivity contribution in [3.8, 4) is 0 Å². The predicted molar refractivity (Wildman–Crippen MR) is 69.2 cm³/mol. The van der Waals surface area contributed by atoms with Gasteiger partial charge in [-0.3, -0.25) is 9.69 Å². The van der Waals surface area contributed by atoms with Crippen LogP contribution >= 0.6 is 11.3 Å². The van der Waals surface area contributed by atoms with Crippen LogP contribution in [-0.2, 0) is 11.3 Å². The Hall–Kier alpha value is -0.870. The van der Waals surface area contributed by atoms with Crippen molar-refractivity contribution in [1.29, 1.82) is 0 Å². The summed E-state index contributed by atoms with van der Waals surface area (Å²) in [7, 11) is 0. The molecule has 1 aromatic rings. The molecule has 2 rings (SSSR count). The minimum Gasteiger partial charge on any atom is -0.481 e. The first-order valence-electron chi connectivity index (χ1n) is 6.20. The van der Waals surface area contributed by atoms with E-state index in [4.69, 9.17) is 5.11 Å². The van der Waals surface area contributed by atoms with Crippen molar-refractivity contribution in [3.63, 3.8) is 0 Å². The van der Waals surface area contributed by atoms with E-state index in [0.717, 1.165) is 26.1 Å². The van der Waals surface area contributed by atoms with Gasteiger partial charge < -0.3 is 5.11 Å². The molecule has 1 aliphatic heterocycles. The molecule has 0 aliphatic carbocycles. The molecule has 0 amide bonds. The molecular formula is C13H19NO2S. The van der Waals surface area contributed by atoms with Crippen LogP contribution in [0.3, 0.4) is 0 Å². The molecule has 0 spiro atoms. The third-order valence-electron chi connectivity index (χ3n) is 3.33. The quantitative estimate of drug-likeness (QED) is 0.877. The summed E-state index contributed by atoms with van der Waals surface area (Å²) in [5, 5.41) is 10.8. The molecule has 0 radical (unpaired) electrons. The van der Waals surface area contributed by atoms with Crippen molar-refractivity contribution < 1.29 is 9.90 Å². The summed E-state index contributed by atoms with van der Waals surface area (Å²) in [6.45, 7) is 3.24. The molecule has 4 heteroatoms. The van der Waals surface area contributed by atoms with E-state index >= 15 is 0 Å². The molecule has 1 saturated heterocycles. The highest BCUT2D eigenvalue weighted by molar-refractivity contribution is 7.09. The summed E-state index contributed by atoms with van der Waals surface area (Å²) in [4.78, 5) is 14.4. The van der Waals surface area contributed by atoms with E-state index in [-0.39, 0.29) is 0 Å². The van der Waals surface area contributed by atoms with Gasteiger partial charge in [-0.05, 0) is 43.2 Å². The maximum atomic E-state index is 10.6. The van der Waals surface area contributed by atoms with Crippen LogP contribution in [0.5, 0.6) is 0 Å². The Labute approximate surface area is 106 Å². The summed E-state index contributed by atoms with van der Waals surface area (Å²) < 4.78 is 0. The van der Waals surface area contributed by atoms with Gasteiger partial charge >= 0.3 is 5.97 Å². The first kappa shape index (κ1) is 12.6. The summed E-state index contributed by atoms with van der Waals surface area (Å²) in [5.74, 6) is -0.0970. The number of hydrogen-bond acceptors (Lipinski definition) is 3. The molecule has 2 heterocycles. The van der Waals surface area contributed by atoms with Crippen molar-refractivity contribution in [2.75, 3.05) is 13.1 Å². The van der Waals surface area contributed by atoms with E-state index in [2.05, 4.69) is 22.4 Å². The molecule has 17 heavy (non-hydrogen) atoms. The van der Waals surface area contributed by atoms with Gasteiger partial charge in [0.15, 0.2) is 0 Å². The van der Waals surface area contributed by atoms with Gasteiger partial charge in [0.2, 0.25) is 0 Å². The van der Waals surface area contributed by atoms with Gasteiger partial charge in [-0.1, -0.05) is 6.07 Å². The molecule has 1 atom stereocenters. The maximum absolute atomic E-state index is 10.6. The average molecular weight is 253 g/mol. The molecule has 94 valence electrons. The number of aliphatic carboxylic acids is 1. The molecule has 0 saturated carbocycles. The Morgan fingerprint density at radius 3 is 3.18 bits per heavy atom. The van der Waals surface area contributed by atoms with E-state index in [0.29, 0.717) is 12.3 Å². The van der Waals surface area contributed by atoms with Crippen LogP contribution < -0.4 is 0 Å². The zero-order chi connectivity index (χ0) is 12.1. The van der Waals surface area contributed by atoms with Crippen LogP contribution in [0.2, 0.25) is 0 Å². The van der Waals surface area contributed by atoms with E-state index < -0.39 is 5.97 Å². The van der Waals surface area contributed by atoms with E-state index in [1.54, 1.807) is 11.3 Å². The molecule has 1 aliphatic rings. The Bertz CT molecular complexity index is 350. The molecule has 0 bridgehead atoms. The molecular weight excluding hydrogens is 234 g/mol. The number of piperidine rings is 1. The van der Waals surface area contributed by atoms with Crippen LogP contribution in [0.15, 0.2) is 17.5 Å². The van der Waals surface area contributed by atoms with E-state index in [1.807, 2.05) is 0 Å². The fourth-order valence-corrected chi connectivity index (χ4v) is 3.23. The van der Waals surface area contributed by atoms with Gasteiger partial charge in [-0.15, -0.1) is 11.3 Å². The minimum absolute atomic E-state index is 0.317. The minimum atomic E-state index is -0.666. The Balaban J connectivity index is 1.78. The zero-order valence-corrected chi connectivity index (χ0v) is 10.8. The van der Waals surface area contributed by atoms with Crippen LogP contribution in [0, 0.1) is 5.92 Å². The fourth-order valence-electron chi connectivity index (χ4n) is 2.48. The zero-order valence-electron chi connectivity index (χ0n) is 9.97. The summed E-state index contributed by atoms with van der Waals surface area (Å²) in [6, 6.07) is 4.26. The first-order chi connectivity index (χ1) is 8.24. The highest BCUT2D eigenvalue weighted by Gasteiger charge is 2.20. The molecule has 1 aromatic heterocycles. The first-order valence-corrected chi connectivity index (χ1v) is 7.08. The van der Waals surface area contributed by atoms with Crippen molar-refractivity contribution >= 4 is 17.3 Å². The van der Waals surface area contributed by atoms with Crippen molar-refractivity contribution in [3.05, 3.63) is 22.4 Å². The lowest BCUT2D eigenvalue weighted by atomic mass is 9.93. The van der Waals surface area contributed by atoms with Gasteiger partial charge in [0.25, 0.3) is 0 Å². The van der Waals surface area contributed by atoms with Crippen LogP contribution in [0.25, 0.3) is 0 Å². The monoisotopic (exact) mass is 253 g/mol. The molecule has 1 unspecified atom stereocenters. The smallest absolute Gasteiger partial charge is 0.303 e. The number of hydrogen-bond donors (Lipinski definition) is 1. The number of rotatable bonds is 5. The third-order valence-corrected chi connectivity index (χ3v) is 4.19. The lowest BCUT2D eigenvalue weighted by Gasteiger charge is -2.32. The molecule has 0 aromatic carbocycles. The Morgan fingerprint density at radius 1 is 1.59 bits per heavy atom. The van der Waals surface area contributed by atoms with Crippen LogP contribution in [0.1, 0.15) is 30.6 Å². The van der Waals surface area contributed by atoms with E-state index in [9.17, 15) is 4.79 Å². The fraction of sp³-hybridized carbons (Fsp3) is 0.615. The summed E-state index contributed by atoms with van der Waals surface area (Å²) in [6.07, 6.45) is 3.54. The van der Waals surface area contributed by atoms with Crippen molar-refractivity contribution in [2.24, 2.45) is 5.92 Å². The molecule has 3 nitrogen and oxygen atoms in total. The number of nitrogens with zero attached hydrogens (tertiary/aromatic N) is 1. The number of carboxylic acid groups (broad SMARTS) is 1. The topological polar surface area (TPSA) is 40.5 Å². The van der Waals surface area contributed by atoms with Gasteiger partial charge in [0, 0.05) is 24.4 Å². The lowest BCUT2D eigenvalue weighted by molar-refractivity contribution is -0.137. The number of carbonyl (C=O) groups is 1. The van der Waals surface area contributed by atoms with Gasteiger partial charge in [-0.2, -0.15) is 0 Å². The second-order valence-corrected chi connectivity index (χ2v) is 5.79. The van der Waals surface area contributed by atoms with Gasteiger partial charge in [0.1, 0.15) is 0 Å². The standard InChI is InChI=1S/C13H19NO2S/c15-13(16)6-5-11-3-1-7-14(9-11)10-12-4-2-8-17-12/h2,4,8,11H,1,3,5-7,9-10H2,(H,15,16). The lowest BCUT2D eigenvalue weighted by Crippen LogP contribution is -2.34. The Kier molecular flexibility index (Phi) is 4.57. The van der Waals surface area contributed by atoms with E-state index in [1.165, 1.54) is 17.7 Å². The van der Waals surface area contributed by atoms with Crippen LogP contribution in [-0.4, -0.2) is 29.1 Å². The third kappa shape index (κ3) is 4.13. The van der Waals surface area contributed by atoms with Crippen molar-refractivity contribution in [2.45, 2.75) is 32.2 Å². The largest absolute Gasteiger partial charge is 0.481 e. The number of carboxylic acids is 1. The molecule has 1 N–H and O–H groups in total. The van der Waals surface area contributed by atoms with Gasteiger partial charge in [0.05, 0.1) is 0 Å². The predicted octanol–water partition coefficient (Wildman–Crippen LogP) is 2.82. The second-order valence-electron chi connectivity index (χ2n) is 4.76.